The highest BCUT2D eigenvalue weighted by atomic mass is 79.9. The summed E-state index contributed by atoms with van der Waals surface area (Å²) in [5.74, 6) is 0.728. The van der Waals surface area contributed by atoms with Gasteiger partial charge in [0, 0.05) is 0 Å². The minimum absolute atomic E-state index is 0.0216. The second kappa shape index (κ2) is 9.39. The van der Waals surface area contributed by atoms with Gasteiger partial charge in [0.25, 0.3) is 10.1 Å². The Kier molecular flexibility index (Phi) is 8.21. The SMILES string of the molecule is Cc1ccc(S(=O)(=O)O)cc1.OCCOc1c(Br)cccc1Br. The lowest BCUT2D eigenvalue weighted by atomic mass is 10.2. The van der Waals surface area contributed by atoms with E-state index in [1.807, 2.05) is 25.1 Å². The molecule has 0 heterocycles. The van der Waals surface area contributed by atoms with Crippen LogP contribution >= 0.6 is 31.9 Å². The number of aryl methyl sites for hydroxylation is 1. The van der Waals surface area contributed by atoms with Crippen LogP contribution in [0.3, 0.4) is 0 Å². The van der Waals surface area contributed by atoms with Gasteiger partial charge in [-0.3, -0.25) is 4.55 Å². The minimum atomic E-state index is -4.02. The summed E-state index contributed by atoms with van der Waals surface area (Å²) in [7, 11) is -4.02. The fraction of sp³-hybridized carbons (Fsp3) is 0.200. The third-order valence-corrected chi connectivity index (χ3v) is 4.69. The van der Waals surface area contributed by atoms with Crippen molar-refractivity contribution >= 4 is 42.0 Å². The number of benzene rings is 2. The molecule has 0 fully saturated rings. The molecule has 0 aromatic heterocycles. The first-order valence-corrected chi connectivity index (χ1v) is 9.50. The molecule has 0 aliphatic heterocycles. The van der Waals surface area contributed by atoms with E-state index in [1.54, 1.807) is 12.1 Å². The van der Waals surface area contributed by atoms with Crippen LogP contribution in [0.4, 0.5) is 0 Å². The zero-order chi connectivity index (χ0) is 17.5. The zero-order valence-corrected chi connectivity index (χ0v) is 16.2. The molecule has 23 heavy (non-hydrogen) atoms. The number of aliphatic hydroxyl groups is 1. The minimum Gasteiger partial charge on any atom is -0.489 e. The normalized spacial score (nSPS) is 10.7. The molecule has 0 saturated heterocycles. The number of hydrogen-bond acceptors (Lipinski definition) is 4. The molecular weight excluding hydrogens is 452 g/mol. The van der Waals surface area contributed by atoms with E-state index in [0.29, 0.717) is 6.61 Å². The van der Waals surface area contributed by atoms with Crippen molar-refractivity contribution in [3.63, 3.8) is 0 Å². The van der Waals surface area contributed by atoms with E-state index in [0.717, 1.165) is 20.3 Å². The molecular formula is C15H16Br2O5S. The molecule has 0 aliphatic rings. The molecule has 5 nitrogen and oxygen atoms in total. The van der Waals surface area contributed by atoms with Crippen LogP contribution in [0.25, 0.3) is 0 Å². The van der Waals surface area contributed by atoms with E-state index in [1.165, 1.54) is 12.1 Å². The lowest BCUT2D eigenvalue weighted by Gasteiger charge is -2.07. The smallest absolute Gasteiger partial charge is 0.294 e. The highest BCUT2D eigenvalue weighted by molar-refractivity contribution is 9.11. The highest BCUT2D eigenvalue weighted by Gasteiger charge is 2.07. The summed E-state index contributed by atoms with van der Waals surface area (Å²) >= 11 is 6.68. The van der Waals surface area contributed by atoms with Crippen LogP contribution < -0.4 is 4.74 Å². The van der Waals surface area contributed by atoms with E-state index in [2.05, 4.69) is 31.9 Å². The number of ether oxygens (including phenoxy) is 1. The van der Waals surface area contributed by atoms with Crippen molar-refractivity contribution in [2.75, 3.05) is 13.2 Å². The Morgan fingerprint density at radius 3 is 2.00 bits per heavy atom. The Morgan fingerprint density at radius 2 is 1.57 bits per heavy atom. The molecule has 8 heteroatoms. The van der Waals surface area contributed by atoms with E-state index in [-0.39, 0.29) is 11.5 Å². The van der Waals surface area contributed by atoms with Gasteiger partial charge in [-0.25, -0.2) is 0 Å². The monoisotopic (exact) mass is 466 g/mol. The Hall–Kier alpha value is -0.930. The Morgan fingerprint density at radius 1 is 1.04 bits per heavy atom. The summed E-state index contributed by atoms with van der Waals surface area (Å²) in [5.41, 5.74) is 0.956. The summed E-state index contributed by atoms with van der Waals surface area (Å²) in [4.78, 5) is -0.0666. The van der Waals surface area contributed by atoms with Gasteiger partial charge in [-0.05, 0) is 63.0 Å². The fourth-order valence-electron chi connectivity index (χ4n) is 1.48. The first-order chi connectivity index (χ1) is 10.8. The number of rotatable bonds is 4. The summed E-state index contributed by atoms with van der Waals surface area (Å²) in [6.07, 6.45) is 0. The van der Waals surface area contributed by atoms with Crippen LogP contribution in [-0.2, 0) is 10.1 Å². The number of para-hydroxylation sites is 1. The van der Waals surface area contributed by atoms with E-state index < -0.39 is 10.1 Å². The van der Waals surface area contributed by atoms with Crippen LogP contribution in [-0.4, -0.2) is 31.3 Å². The fourth-order valence-corrected chi connectivity index (χ4v) is 3.19. The summed E-state index contributed by atoms with van der Waals surface area (Å²) < 4.78 is 36.6. The van der Waals surface area contributed by atoms with Gasteiger partial charge in [-0.2, -0.15) is 8.42 Å². The molecule has 0 amide bonds. The van der Waals surface area contributed by atoms with E-state index in [9.17, 15) is 8.42 Å². The van der Waals surface area contributed by atoms with Gasteiger partial charge < -0.3 is 9.84 Å². The van der Waals surface area contributed by atoms with Crippen molar-refractivity contribution in [1.29, 1.82) is 0 Å². The average Bonchev–Trinajstić information content (AvgIpc) is 2.47. The van der Waals surface area contributed by atoms with E-state index >= 15 is 0 Å². The Bertz CT molecular complexity index is 710. The molecule has 126 valence electrons. The lowest BCUT2D eigenvalue weighted by molar-refractivity contribution is 0.200. The van der Waals surface area contributed by atoms with Gasteiger partial charge in [0.15, 0.2) is 0 Å². The first-order valence-electron chi connectivity index (χ1n) is 6.47. The van der Waals surface area contributed by atoms with Crippen LogP contribution in [0.2, 0.25) is 0 Å². The molecule has 2 aromatic rings. The van der Waals surface area contributed by atoms with Crippen LogP contribution in [0.1, 0.15) is 5.56 Å². The first kappa shape index (κ1) is 20.1. The van der Waals surface area contributed by atoms with Gasteiger partial charge in [-0.15, -0.1) is 0 Å². The van der Waals surface area contributed by atoms with Crippen molar-refractivity contribution in [1.82, 2.24) is 0 Å². The highest BCUT2D eigenvalue weighted by Crippen LogP contribution is 2.32. The molecule has 0 atom stereocenters. The predicted octanol–water partition coefficient (Wildman–Crippen LogP) is 3.82. The maximum atomic E-state index is 10.5. The largest absolute Gasteiger partial charge is 0.489 e. The molecule has 0 aliphatic carbocycles. The number of hydrogen-bond donors (Lipinski definition) is 2. The molecule has 0 saturated carbocycles. The standard InChI is InChI=1S/C8H8Br2O2.C7H8O3S/c9-6-2-1-3-7(10)8(6)12-5-4-11;1-6-2-4-7(5-3-6)11(8,9)10/h1-3,11H,4-5H2;2-5H,1H3,(H,8,9,10). The van der Waals surface area contributed by atoms with Gasteiger partial charge in [-0.1, -0.05) is 23.8 Å². The zero-order valence-electron chi connectivity index (χ0n) is 12.2. The van der Waals surface area contributed by atoms with Crippen molar-refractivity contribution < 1.29 is 22.8 Å². The molecule has 2 N–H and O–H groups in total. The predicted molar refractivity (Wildman–Crippen MR) is 95.4 cm³/mol. The maximum absolute atomic E-state index is 10.5. The van der Waals surface area contributed by atoms with Crippen molar-refractivity contribution in [2.24, 2.45) is 0 Å². The van der Waals surface area contributed by atoms with Gasteiger partial charge in [0.1, 0.15) is 12.4 Å². The van der Waals surface area contributed by atoms with Gasteiger partial charge in [0.05, 0.1) is 20.4 Å². The Balaban J connectivity index is 0.000000231. The van der Waals surface area contributed by atoms with E-state index in [4.69, 9.17) is 14.4 Å². The third-order valence-electron chi connectivity index (χ3n) is 2.58. The lowest BCUT2D eigenvalue weighted by Crippen LogP contribution is -2.02. The third kappa shape index (κ3) is 7.01. The molecule has 0 bridgehead atoms. The van der Waals surface area contributed by atoms with Gasteiger partial charge >= 0.3 is 0 Å². The van der Waals surface area contributed by atoms with Crippen LogP contribution in [0.5, 0.6) is 5.75 Å². The van der Waals surface area contributed by atoms with Crippen LogP contribution in [0.15, 0.2) is 56.3 Å². The average molecular weight is 468 g/mol. The molecule has 0 spiro atoms. The second-order valence-corrected chi connectivity index (χ2v) is 7.54. The molecule has 2 aromatic carbocycles. The van der Waals surface area contributed by atoms with Crippen LogP contribution in [0, 0.1) is 6.92 Å². The van der Waals surface area contributed by atoms with Crippen molar-refractivity contribution in [3.05, 3.63) is 57.0 Å². The van der Waals surface area contributed by atoms with Crippen molar-refractivity contribution in [2.45, 2.75) is 11.8 Å². The quantitative estimate of drug-likeness (QED) is 0.667. The van der Waals surface area contributed by atoms with Crippen molar-refractivity contribution in [3.8, 4) is 5.75 Å². The second-order valence-electron chi connectivity index (χ2n) is 4.41. The molecule has 0 unspecified atom stereocenters. The maximum Gasteiger partial charge on any atom is 0.294 e. The summed E-state index contributed by atoms with van der Waals surface area (Å²) in [6.45, 7) is 2.17. The number of halogens is 2. The Labute approximate surface area is 152 Å². The molecule has 2 rings (SSSR count). The summed E-state index contributed by atoms with van der Waals surface area (Å²) in [5, 5.41) is 8.55. The van der Waals surface area contributed by atoms with Gasteiger partial charge in [0.2, 0.25) is 0 Å². The summed E-state index contributed by atoms with van der Waals surface area (Å²) in [6, 6.07) is 11.7. The topological polar surface area (TPSA) is 83.8 Å². The number of aliphatic hydroxyl groups excluding tert-OH is 1. The molecule has 0 radical (unpaired) electrons.